The van der Waals surface area contributed by atoms with Gasteiger partial charge >= 0.3 is 0 Å². The quantitative estimate of drug-likeness (QED) is 0.826. The van der Waals surface area contributed by atoms with Crippen molar-refractivity contribution in [2.75, 3.05) is 7.05 Å². The van der Waals surface area contributed by atoms with Gasteiger partial charge in [0.05, 0.1) is 6.20 Å². The minimum atomic E-state index is 0.481. The highest BCUT2D eigenvalue weighted by atomic mass is 15.3. The van der Waals surface area contributed by atoms with E-state index in [0.717, 1.165) is 25.8 Å². The van der Waals surface area contributed by atoms with E-state index >= 15 is 0 Å². The Morgan fingerprint density at radius 2 is 2.21 bits per heavy atom. The lowest BCUT2D eigenvalue weighted by molar-refractivity contribution is 0.519. The summed E-state index contributed by atoms with van der Waals surface area (Å²) in [5.41, 5.74) is 2.60. The average Bonchev–Trinajstić information content (AvgIpc) is 2.92. The minimum Gasteiger partial charge on any atom is -0.317 e. The molecule has 2 heterocycles. The maximum absolute atomic E-state index is 4.32. The Hall–Kier alpha value is -1.68. The van der Waals surface area contributed by atoms with Gasteiger partial charge in [-0.2, -0.15) is 5.10 Å². The fourth-order valence-electron chi connectivity index (χ4n) is 2.20. The second-order valence-corrected chi connectivity index (χ2v) is 4.79. The Kier molecular flexibility index (Phi) is 5.10. The maximum atomic E-state index is 4.32. The minimum absolute atomic E-state index is 0.481. The number of aryl methyl sites for hydroxylation is 2. The summed E-state index contributed by atoms with van der Waals surface area (Å²) in [7, 11) is 2.03. The largest absolute Gasteiger partial charge is 0.317 e. The summed E-state index contributed by atoms with van der Waals surface area (Å²) in [6.45, 7) is 3.04. The van der Waals surface area contributed by atoms with Crippen LogP contribution in [-0.4, -0.2) is 27.9 Å². The summed E-state index contributed by atoms with van der Waals surface area (Å²) in [6, 6.07) is 4.61. The molecule has 0 fully saturated rings. The number of likely N-dealkylation sites (N-methyl/N-ethyl adjacent to an activating group) is 1. The second kappa shape index (κ2) is 7.04. The molecule has 0 saturated heterocycles. The molecule has 19 heavy (non-hydrogen) atoms. The van der Waals surface area contributed by atoms with Gasteiger partial charge in [0, 0.05) is 31.2 Å². The molecule has 1 atom stereocenters. The number of hydrogen-bond acceptors (Lipinski definition) is 3. The number of aromatic nitrogens is 3. The van der Waals surface area contributed by atoms with Crippen LogP contribution in [-0.2, 0) is 19.4 Å². The van der Waals surface area contributed by atoms with E-state index in [1.807, 2.05) is 36.4 Å². The van der Waals surface area contributed by atoms with Gasteiger partial charge in [-0.05, 0) is 50.4 Å². The zero-order valence-corrected chi connectivity index (χ0v) is 11.7. The van der Waals surface area contributed by atoms with Crippen LogP contribution in [0.1, 0.15) is 24.5 Å². The van der Waals surface area contributed by atoms with E-state index in [1.165, 1.54) is 11.1 Å². The van der Waals surface area contributed by atoms with E-state index in [0.29, 0.717) is 6.04 Å². The van der Waals surface area contributed by atoms with Crippen molar-refractivity contribution in [1.82, 2.24) is 20.1 Å². The molecule has 2 aromatic rings. The van der Waals surface area contributed by atoms with Gasteiger partial charge < -0.3 is 5.32 Å². The Bertz CT molecular complexity index is 478. The number of nitrogens with zero attached hydrogens (tertiary/aromatic N) is 3. The fraction of sp³-hybridized carbons (Fsp3) is 0.467. The van der Waals surface area contributed by atoms with E-state index < -0.39 is 0 Å². The van der Waals surface area contributed by atoms with Crippen molar-refractivity contribution in [3.63, 3.8) is 0 Å². The molecule has 0 bridgehead atoms. The van der Waals surface area contributed by atoms with Gasteiger partial charge in [0.2, 0.25) is 0 Å². The van der Waals surface area contributed by atoms with Crippen LogP contribution in [0.25, 0.3) is 0 Å². The lowest BCUT2D eigenvalue weighted by Crippen LogP contribution is -2.28. The molecule has 1 unspecified atom stereocenters. The van der Waals surface area contributed by atoms with Gasteiger partial charge in [-0.25, -0.2) is 0 Å². The molecule has 1 N–H and O–H groups in total. The first-order valence-electron chi connectivity index (χ1n) is 6.89. The first-order chi connectivity index (χ1) is 9.31. The van der Waals surface area contributed by atoms with Gasteiger partial charge in [-0.15, -0.1) is 0 Å². The number of nitrogens with one attached hydrogen (secondary N) is 1. The Morgan fingerprint density at radius 3 is 2.84 bits per heavy atom. The van der Waals surface area contributed by atoms with E-state index in [-0.39, 0.29) is 0 Å². The van der Waals surface area contributed by atoms with Crippen LogP contribution in [0.5, 0.6) is 0 Å². The second-order valence-electron chi connectivity index (χ2n) is 4.79. The number of rotatable bonds is 7. The molecule has 2 rings (SSSR count). The highest BCUT2D eigenvalue weighted by molar-refractivity contribution is 5.10. The molecule has 0 radical (unpaired) electrons. The molecule has 4 heteroatoms. The standard InChI is InChI=1S/C15H22N4/c1-3-19-12-14(11-18-19)9-15(16-2)7-6-13-5-4-8-17-10-13/h4-5,8,10-12,15-16H,3,6-7,9H2,1-2H3. The Labute approximate surface area is 114 Å². The van der Waals surface area contributed by atoms with Crippen molar-refractivity contribution in [2.45, 2.75) is 38.8 Å². The lowest BCUT2D eigenvalue weighted by atomic mass is 10.0. The molecule has 0 aliphatic heterocycles. The van der Waals surface area contributed by atoms with Crippen molar-refractivity contribution >= 4 is 0 Å². The molecule has 102 valence electrons. The van der Waals surface area contributed by atoms with Crippen molar-refractivity contribution in [3.05, 3.63) is 48.0 Å². The summed E-state index contributed by atoms with van der Waals surface area (Å²) in [6.07, 6.45) is 11.1. The lowest BCUT2D eigenvalue weighted by Gasteiger charge is -2.15. The van der Waals surface area contributed by atoms with Crippen LogP contribution in [0, 0.1) is 0 Å². The van der Waals surface area contributed by atoms with Gasteiger partial charge in [0.25, 0.3) is 0 Å². The molecule has 0 amide bonds. The SMILES string of the molecule is CCn1cc(CC(CCc2cccnc2)NC)cn1. The predicted molar refractivity (Wildman–Crippen MR) is 77.0 cm³/mol. The van der Waals surface area contributed by atoms with Crippen LogP contribution >= 0.6 is 0 Å². The van der Waals surface area contributed by atoms with Crippen LogP contribution in [0.15, 0.2) is 36.9 Å². The monoisotopic (exact) mass is 258 g/mol. The Balaban J connectivity index is 1.86. The zero-order chi connectivity index (χ0) is 13.5. The first kappa shape index (κ1) is 13.7. The summed E-state index contributed by atoms with van der Waals surface area (Å²) >= 11 is 0. The summed E-state index contributed by atoms with van der Waals surface area (Å²) in [5.74, 6) is 0. The predicted octanol–water partition coefficient (Wildman–Crippen LogP) is 2.06. The highest BCUT2D eigenvalue weighted by Crippen LogP contribution is 2.09. The van der Waals surface area contributed by atoms with Crippen LogP contribution in [0.4, 0.5) is 0 Å². The fourth-order valence-corrected chi connectivity index (χ4v) is 2.20. The molecule has 0 aromatic carbocycles. The summed E-state index contributed by atoms with van der Waals surface area (Å²) in [5, 5.41) is 7.71. The van der Waals surface area contributed by atoms with Gasteiger partial charge in [-0.1, -0.05) is 6.07 Å². The van der Waals surface area contributed by atoms with E-state index in [9.17, 15) is 0 Å². The first-order valence-corrected chi connectivity index (χ1v) is 6.89. The molecule has 0 spiro atoms. The van der Waals surface area contributed by atoms with Gasteiger partial charge in [0.15, 0.2) is 0 Å². The molecular formula is C15H22N4. The zero-order valence-electron chi connectivity index (χ0n) is 11.7. The van der Waals surface area contributed by atoms with Gasteiger partial charge in [-0.3, -0.25) is 9.67 Å². The summed E-state index contributed by atoms with van der Waals surface area (Å²) in [4.78, 5) is 4.15. The van der Waals surface area contributed by atoms with Crippen LogP contribution in [0.2, 0.25) is 0 Å². The Morgan fingerprint density at radius 1 is 1.32 bits per heavy atom. The van der Waals surface area contributed by atoms with E-state index in [4.69, 9.17) is 0 Å². The third-order valence-electron chi connectivity index (χ3n) is 3.41. The van der Waals surface area contributed by atoms with E-state index in [1.54, 1.807) is 0 Å². The van der Waals surface area contributed by atoms with Crippen molar-refractivity contribution in [1.29, 1.82) is 0 Å². The molecule has 0 aliphatic carbocycles. The van der Waals surface area contributed by atoms with Crippen LogP contribution in [0.3, 0.4) is 0 Å². The molecule has 0 saturated carbocycles. The third kappa shape index (κ3) is 4.17. The topological polar surface area (TPSA) is 42.7 Å². The smallest absolute Gasteiger partial charge is 0.0522 e. The van der Waals surface area contributed by atoms with Crippen molar-refractivity contribution in [2.24, 2.45) is 0 Å². The molecular weight excluding hydrogens is 236 g/mol. The highest BCUT2D eigenvalue weighted by Gasteiger charge is 2.09. The normalized spacial score (nSPS) is 12.5. The number of hydrogen-bond donors (Lipinski definition) is 1. The average molecular weight is 258 g/mol. The summed E-state index contributed by atoms with van der Waals surface area (Å²) < 4.78 is 1.98. The molecule has 4 nitrogen and oxygen atoms in total. The number of pyridine rings is 1. The van der Waals surface area contributed by atoms with Crippen molar-refractivity contribution in [3.8, 4) is 0 Å². The van der Waals surface area contributed by atoms with Crippen molar-refractivity contribution < 1.29 is 0 Å². The van der Waals surface area contributed by atoms with E-state index in [2.05, 4.69) is 34.6 Å². The molecule has 2 aromatic heterocycles. The van der Waals surface area contributed by atoms with Crippen LogP contribution < -0.4 is 5.32 Å². The van der Waals surface area contributed by atoms with Gasteiger partial charge in [0.1, 0.15) is 0 Å². The maximum Gasteiger partial charge on any atom is 0.0522 e. The molecule has 0 aliphatic rings. The third-order valence-corrected chi connectivity index (χ3v) is 3.41.